The number of aliphatic hydroxyl groups is 1. The topological polar surface area (TPSA) is 79.5 Å². The molecule has 8 heteroatoms. The molecule has 0 radical (unpaired) electrons. The number of nitriles is 1. The van der Waals surface area contributed by atoms with Gasteiger partial charge in [0, 0.05) is 0 Å². The first-order valence-corrected chi connectivity index (χ1v) is 5.43. The Bertz CT molecular complexity index is 549. The maximum Gasteiger partial charge on any atom is 0.573 e. The number of carbonyl (C=O) groups is 1. The molecule has 0 aliphatic rings. The molecule has 0 aliphatic heterocycles. The van der Waals surface area contributed by atoms with Gasteiger partial charge in [0.05, 0.1) is 18.8 Å². The molecular weight excluding hydrogens is 279 g/mol. The van der Waals surface area contributed by atoms with Crippen LogP contribution >= 0.6 is 0 Å². The van der Waals surface area contributed by atoms with E-state index in [9.17, 15) is 18.0 Å². The van der Waals surface area contributed by atoms with Gasteiger partial charge in [-0.15, -0.1) is 13.2 Å². The van der Waals surface area contributed by atoms with Crippen LogP contribution in [-0.2, 0) is 11.3 Å². The molecule has 1 N–H and O–H groups in total. The highest BCUT2D eigenvalue weighted by Gasteiger charge is 2.35. The van der Waals surface area contributed by atoms with Crippen LogP contribution in [0.15, 0.2) is 12.1 Å². The zero-order chi connectivity index (χ0) is 15.3. The number of nitrogens with zero attached hydrogens (tertiary/aromatic N) is 1. The van der Waals surface area contributed by atoms with E-state index in [4.69, 9.17) is 10.4 Å². The number of aliphatic hydroxyl groups excluding tert-OH is 1. The molecule has 0 amide bonds. The standard InChI is InChI=1S/C12H10F3NO4/c1-2-19-11(18)9-8(6-17)4-3-7(5-16)10(9)20-12(13,14)15/h3-4,17H,2,6H2,1H3. The van der Waals surface area contributed by atoms with Gasteiger partial charge < -0.3 is 14.6 Å². The average molecular weight is 289 g/mol. The smallest absolute Gasteiger partial charge is 0.462 e. The zero-order valence-corrected chi connectivity index (χ0v) is 10.3. The molecule has 20 heavy (non-hydrogen) atoms. The maximum atomic E-state index is 12.4. The van der Waals surface area contributed by atoms with Crippen LogP contribution in [0, 0.1) is 11.3 Å². The summed E-state index contributed by atoms with van der Waals surface area (Å²) in [4.78, 5) is 11.7. The Morgan fingerprint density at radius 2 is 2.10 bits per heavy atom. The summed E-state index contributed by atoms with van der Waals surface area (Å²) in [6.45, 7) is 0.689. The molecule has 0 fully saturated rings. The maximum absolute atomic E-state index is 12.4. The van der Waals surface area contributed by atoms with Crippen molar-refractivity contribution < 1.29 is 32.5 Å². The second kappa shape index (κ2) is 6.25. The van der Waals surface area contributed by atoms with E-state index in [1.165, 1.54) is 13.0 Å². The van der Waals surface area contributed by atoms with Crippen LogP contribution in [-0.4, -0.2) is 24.0 Å². The van der Waals surface area contributed by atoms with Crippen LogP contribution in [0.4, 0.5) is 13.2 Å². The molecule has 1 aromatic carbocycles. The number of ether oxygens (including phenoxy) is 2. The predicted octanol–water partition coefficient (Wildman–Crippen LogP) is 2.13. The van der Waals surface area contributed by atoms with Crippen molar-refractivity contribution in [3.8, 4) is 11.8 Å². The summed E-state index contributed by atoms with van der Waals surface area (Å²) < 4.78 is 45.5. The van der Waals surface area contributed by atoms with Gasteiger partial charge in [0.1, 0.15) is 11.6 Å². The number of rotatable bonds is 4. The predicted molar refractivity (Wildman–Crippen MR) is 59.7 cm³/mol. The quantitative estimate of drug-likeness (QED) is 0.859. The van der Waals surface area contributed by atoms with Crippen molar-refractivity contribution in [1.29, 1.82) is 5.26 Å². The SMILES string of the molecule is CCOC(=O)c1c(CO)ccc(C#N)c1OC(F)(F)F. The molecule has 0 bridgehead atoms. The van der Waals surface area contributed by atoms with Crippen molar-refractivity contribution in [3.05, 3.63) is 28.8 Å². The van der Waals surface area contributed by atoms with Gasteiger partial charge in [0.2, 0.25) is 0 Å². The van der Waals surface area contributed by atoms with Gasteiger partial charge in [-0.05, 0) is 18.6 Å². The molecule has 0 atom stereocenters. The van der Waals surface area contributed by atoms with Crippen LogP contribution < -0.4 is 4.74 Å². The van der Waals surface area contributed by atoms with Gasteiger partial charge in [0.25, 0.3) is 0 Å². The van der Waals surface area contributed by atoms with Crippen LogP contribution in [0.25, 0.3) is 0 Å². The highest BCUT2D eigenvalue weighted by molar-refractivity contribution is 5.95. The Balaban J connectivity index is 3.49. The van der Waals surface area contributed by atoms with Crippen LogP contribution in [0.2, 0.25) is 0 Å². The van der Waals surface area contributed by atoms with Gasteiger partial charge in [-0.1, -0.05) is 6.07 Å². The molecular formula is C12H10F3NO4. The van der Waals surface area contributed by atoms with Gasteiger partial charge in [-0.2, -0.15) is 5.26 Å². The summed E-state index contributed by atoms with van der Waals surface area (Å²) in [7, 11) is 0. The summed E-state index contributed by atoms with van der Waals surface area (Å²) in [5.74, 6) is -2.07. The van der Waals surface area contributed by atoms with E-state index in [0.717, 1.165) is 12.1 Å². The molecule has 1 rings (SSSR count). The number of alkyl halides is 3. The number of halogens is 3. The Morgan fingerprint density at radius 3 is 2.55 bits per heavy atom. The minimum atomic E-state index is -5.08. The average Bonchev–Trinajstić information content (AvgIpc) is 2.36. The van der Waals surface area contributed by atoms with Crippen molar-refractivity contribution in [3.63, 3.8) is 0 Å². The van der Waals surface area contributed by atoms with Gasteiger partial charge >= 0.3 is 12.3 Å². The minimum absolute atomic E-state index is 0.0774. The van der Waals surface area contributed by atoms with Gasteiger partial charge in [-0.25, -0.2) is 4.79 Å². The third kappa shape index (κ3) is 3.61. The lowest BCUT2D eigenvalue weighted by Gasteiger charge is -2.16. The van der Waals surface area contributed by atoms with Crippen molar-refractivity contribution >= 4 is 5.97 Å². The van der Waals surface area contributed by atoms with Crippen LogP contribution in [0.1, 0.15) is 28.4 Å². The lowest BCUT2D eigenvalue weighted by atomic mass is 10.0. The summed E-state index contributed by atoms with van der Waals surface area (Å²) in [5.41, 5.74) is -1.21. The zero-order valence-electron chi connectivity index (χ0n) is 10.3. The van der Waals surface area contributed by atoms with Crippen molar-refractivity contribution in [2.75, 3.05) is 6.61 Å². The Kier molecular flexibility index (Phi) is 4.94. The van der Waals surface area contributed by atoms with E-state index in [2.05, 4.69) is 9.47 Å². The molecule has 0 unspecified atom stereocenters. The lowest BCUT2D eigenvalue weighted by Crippen LogP contribution is -2.21. The summed E-state index contributed by atoms with van der Waals surface area (Å²) >= 11 is 0. The largest absolute Gasteiger partial charge is 0.573 e. The first kappa shape index (κ1) is 15.8. The van der Waals surface area contributed by atoms with Gasteiger partial charge in [-0.3, -0.25) is 0 Å². The van der Waals surface area contributed by atoms with Gasteiger partial charge in [0.15, 0.2) is 5.75 Å². The number of hydrogen-bond donors (Lipinski definition) is 1. The molecule has 0 spiro atoms. The fraction of sp³-hybridized carbons (Fsp3) is 0.333. The van der Waals surface area contributed by atoms with Crippen molar-refractivity contribution in [2.45, 2.75) is 19.9 Å². The molecule has 1 aromatic rings. The first-order chi connectivity index (χ1) is 9.34. The summed E-state index contributed by atoms with van der Waals surface area (Å²) in [6, 6.07) is 3.68. The van der Waals surface area contributed by atoms with Crippen LogP contribution in [0.5, 0.6) is 5.75 Å². The minimum Gasteiger partial charge on any atom is -0.462 e. The molecule has 0 saturated carbocycles. The Labute approximate surface area is 112 Å². The highest BCUT2D eigenvalue weighted by atomic mass is 19.4. The van der Waals surface area contributed by atoms with E-state index >= 15 is 0 Å². The third-order valence-electron chi connectivity index (χ3n) is 2.23. The number of hydrogen-bond acceptors (Lipinski definition) is 5. The Morgan fingerprint density at radius 1 is 1.45 bits per heavy atom. The van der Waals surface area contributed by atoms with E-state index < -0.39 is 35.8 Å². The monoisotopic (exact) mass is 289 g/mol. The van der Waals surface area contributed by atoms with E-state index in [-0.39, 0.29) is 12.2 Å². The van der Waals surface area contributed by atoms with Crippen molar-refractivity contribution in [1.82, 2.24) is 0 Å². The molecule has 108 valence electrons. The third-order valence-corrected chi connectivity index (χ3v) is 2.23. The molecule has 0 aliphatic carbocycles. The second-order valence-electron chi connectivity index (χ2n) is 3.51. The number of esters is 1. The lowest BCUT2D eigenvalue weighted by molar-refractivity contribution is -0.274. The fourth-order valence-corrected chi connectivity index (χ4v) is 1.49. The molecule has 5 nitrogen and oxygen atoms in total. The number of carbonyl (C=O) groups excluding carboxylic acids is 1. The van der Waals surface area contributed by atoms with E-state index in [1.54, 1.807) is 0 Å². The summed E-state index contributed by atoms with van der Waals surface area (Å²) in [5, 5.41) is 17.9. The first-order valence-electron chi connectivity index (χ1n) is 5.43. The molecule has 0 saturated heterocycles. The van der Waals surface area contributed by atoms with Crippen molar-refractivity contribution in [2.24, 2.45) is 0 Å². The van der Waals surface area contributed by atoms with E-state index in [0.29, 0.717) is 0 Å². The summed E-state index contributed by atoms with van der Waals surface area (Å²) in [6.07, 6.45) is -5.08. The fourth-order valence-electron chi connectivity index (χ4n) is 1.49. The highest BCUT2D eigenvalue weighted by Crippen LogP contribution is 2.32. The van der Waals surface area contributed by atoms with E-state index in [1.807, 2.05) is 0 Å². The Hall–Kier alpha value is -2.27. The molecule has 0 heterocycles. The normalized spacial score (nSPS) is 10.8. The second-order valence-corrected chi connectivity index (χ2v) is 3.51. The van der Waals surface area contributed by atoms with Crippen LogP contribution in [0.3, 0.4) is 0 Å². The molecule has 0 aromatic heterocycles. The number of benzene rings is 1.